The van der Waals surface area contributed by atoms with Crippen LogP contribution < -0.4 is 10.9 Å². The average Bonchev–Trinajstić information content (AvgIpc) is 2.98. The maximum atomic E-state index is 13.3. The first-order valence-electron chi connectivity index (χ1n) is 9.42. The highest BCUT2D eigenvalue weighted by Crippen LogP contribution is 2.32. The van der Waals surface area contributed by atoms with Crippen LogP contribution in [0.15, 0.2) is 58.4 Å². The Kier molecular flexibility index (Phi) is 5.44. The van der Waals surface area contributed by atoms with Crippen molar-refractivity contribution in [3.05, 3.63) is 80.6 Å². The SMILES string of the molecule is Cc1cccn2c(=O)c(C=C3SC(=S)N(C)C3=O)c(NC(C)c3ccccc3)nc12. The summed E-state index contributed by atoms with van der Waals surface area (Å²) < 4.78 is 1.97. The molecule has 1 atom stereocenters. The average molecular weight is 437 g/mol. The molecule has 1 fully saturated rings. The summed E-state index contributed by atoms with van der Waals surface area (Å²) in [6, 6.07) is 13.5. The lowest BCUT2D eigenvalue weighted by Crippen LogP contribution is -2.24. The zero-order valence-electron chi connectivity index (χ0n) is 16.7. The Morgan fingerprint density at radius 2 is 1.90 bits per heavy atom. The maximum Gasteiger partial charge on any atom is 0.267 e. The third-order valence-electron chi connectivity index (χ3n) is 5.00. The first kappa shape index (κ1) is 20.3. The van der Waals surface area contributed by atoms with Crippen molar-refractivity contribution in [3.63, 3.8) is 0 Å². The van der Waals surface area contributed by atoms with E-state index in [1.165, 1.54) is 21.1 Å². The van der Waals surface area contributed by atoms with Gasteiger partial charge in [0.25, 0.3) is 11.5 Å². The predicted octanol–water partition coefficient (Wildman–Crippen LogP) is 4.01. The molecule has 0 radical (unpaired) electrons. The van der Waals surface area contributed by atoms with Gasteiger partial charge in [-0.05, 0) is 37.1 Å². The van der Waals surface area contributed by atoms with Crippen molar-refractivity contribution in [2.24, 2.45) is 0 Å². The van der Waals surface area contributed by atoms with E-state index in [-0.39, 0.29) is 17.5 Å². The molecule has 0 aliphatic carbocycles. The number of hydrogen-bond acceptors (Lipinski definition) is 6. The van der Waals surface area contributed by atoms with E-state index in [9.17, 15) is 9.59 Å². The Labute approximate surface area is 183 Å². The Bertz CT molecular complexity index is 1250. The summed E-state index contributed by atoms with van der Waals surface area (Å²) in [4.78, 5) is 32.4. The second-order valence-corrected chi connectivity index (χ2v) is 8.76. The Morgan fingerprint density at radius 1 is 1.17 bits per heavy atom. The summed E-state index contributed by atoms with van der Waals surface area (Å²) in [6.07, 6.45) is 3.28. The summed E-state index contributed by atoms with van der Waals surface area (Å²) in [7, 11) is 1.63. The summed E-state index contributed by atoms with van der Waals surface area (Å²) in [5, 5.41) is 3.36. The van der Waals surface area contributed by atoms with Crippen LogP contribution in [0.3, 0.4) is 0 Å². The second kappa shape index (κ2) is 8.04. The number of thioether (sulfide) groups is 1. The molecule has 1 amide bonds. The van der Waals surface area contributed by atoms with Gasteiger partial charge in [-0.25, -0.2) is 4.98 Å². The first-order valence-corrected chi connectivity index (χ1v) is 10.6. The van der Waals surface area contributed by atoms with Crippen LogP contribution in [0, 0.1) is 6.92 Å². The largest absolute Gasteiger partial charge is 0.363 e. The van der Waals surface area contributed by atoms with Crippen molar-refractivity contribution >= 4 is 51.7 Å². The maximum absolute atomic E-state index is 13.3. The van der Waals surface area contributed by atoms with Gasteiger partial charge in [0.2, 0.25) is 0 Å². The van der Waals surface area contributed by atoms with Crippen molar-refractivity contribution in [3.8, 4) is 0 Å². The van der Waals surface area contributed by atoms with Crippen molar-refractivity contribution in [1.29, 1.82) is 0 Å². The van der Waals surface area contributed by atoms with Gasteiger partial charge in [-0.1, -0.05) is 60.4 Å². The van der Waals surface area contributed by atoms with Gasteiger partial charge >= 0.3 is 0 Å². The zero-order valence-corrected chi connectivity index (χ0v) is 18.4. The number of fused-ring (bicyclic) bond motifs is 1. The summed E-state index contributed by atoms with van der Waals surface area (Å²) >= 11 is 6.40. The molecule has 8 heteroatoms. The molecule has 0 saturated carbocycles. The number of carbonyl (C=O) groups is 1. The van der Waals surface area contributed by atoms with Crippen LogP contribution in [0.25, 0.3) is 11.7 Å². The number of anilines is 1. The van der Waals surface area contributed by atoms with E-state index in [1.54, 1.807) is 25.4 Å². The number of nitrogens with zero attached hydrogens (tertiary/aromatic N) is 3. The lowest BCUT2D eigenvalue weighted by atomic mass is 10.1. The minimum Gasteiger partial charge on any atom is -0.363 e. The van der Waals surface area contributed by atoms with E-state index in [2.05, 4.69) is 5.32 Å². The number of pyridine rings is 1. The molecule has 1 saturated heterocycles. The van der Waals surface area contributed by atoms with E-state index in [0.29, 0.717) is 26.3 Å². The number of hydrogen-bond donors (Lipinski definition) is 1. The first-order chi connectivity index (χ1) is 14.4. The van der Waals surface area contributed by atoms with Gasteiger partial charge in [0, 0.05) is 19.3 Å². The number of amides is 1. The molecule has 3 aromatic rings. The highest BCUT2D eigenvalue weighted by molar-refractivity contribution is 8.26. The number of thiocarbonyl (C=S) groups is 1. The molecule has 6 nitrogen and oxygen atoms in total. The minimum atomic E-state index is -0.243. The van der Waals surface area contributed by atoms with Crippen LogP contribution in [-0.4, -0.2) is 31.6 Å². The van der Waals surface area contributed by atoms with Gasteiger partial charge in [-0.15, -0.1) is 0 Å². The Morgan fingerprint density at radius 3 is 2.57 bits per heavy atom. The number of likely N-dealkylation sites (N-methyl/N-ethyl adjacent to an activating group) is 1. The van der Waals surface area contributed by atoms with E-state index < -0.39 is 0 Å². The highest BCUT2D eigenvalue weighted by atomic mass is 32.2. The number of nitrogens with one attached hydrogen (secondary N) is 1. The quantitative estimate of drug-likeness (QED) is 0.492. The van der Waals surface area contributed by atoms with Crippen LogP contribution in [0.4, 0.5) is 5.82 Å². The third-order valence-corrected chi connectivity index (χ3v) is 6.48. The van der Waals surface area contributed by atoms with Crippen molar-refractivity contribution in [1.82, 2.24) is 14.3 Å². The standard InChI is InChI=1S/C22H20N4O2S2/c1-13-8-7-11-26-19(13)24-18(23-14(2)15-9-5-4-6-10-15)16(20(26)27)12-17-21(28)25(3)22(29)30-17/h4-12,14,23H,1-3H3. The Balaban J connectivity index is 1.88. The molecule has 3 heterocycles. The molecule has 1 aliphatic heterocycles. The van der Waals surface area contributed by atoms with Crippen LogP contribution in [-0.2, 0) is 4.79 Å². The van der Waals surface area contributed by atoms with Gasteiger partial charge in [-0.3, -0.25) is 18.9 Å². The van der Waals surface area contributed by atoms with E-state index in [1.807, 2.05) is 50.2 Å². The molecule has 0 bridgehead atoms. The van der Waals surface area contributed by atoms with Gasteiger partial charge in [0.1, 0.15) is 15.8 Å². The van der Waals surface area contributed by atoms with Crippen LogP contribution in [0.1, 0.15) is 29.7 Å². The minimum absolute atomic E-state index is 0.0857. The molecule has 1 aliphatic rings. The zero-order chi connectivity index (χ0) is 21.4. The van der Waals surface area contributed by atoms with E-state index in [0.717, 1.165) is 11.1 Å². The van der Waals surface area contributed by atoms with Crippen LogP contribution in [0.2, 0.25) is 0 Å². The van der Waals surface area contributed by atoms with Gasteiger partial charge in [0.15, 0.2) is 0 Å². The molecule has 30 heavy (non-hydrogen) atoms. The Hall–Kier alpha value is -2.97. The molecule has 1 aromatic carbocycles. The lowest BCUT2D eigenvalue weighted by molar-refractivity contribution is -0.121. The fraction of sp³-hybridized carbons (Fsp3) is 0.182. The number of aryl methyl sites for hydroxylation is 1. The normalized spacial score (nSPS) is 16.5. The monoisotopic (exact) mass is 436 g/mol. The molecule has 1 unspecified atom stereocenters. The number of benzene rings is 1. The summed E-state index contributed by atoms with van der Waals surface area (Å²) in [5.74, 6) is 0.216. The predicted molar refractivity (Wildman–Crippen MR) is 126 cm³/mol. The van der Waals surface area contributed by atoms with E-state index in [4.69, 9.17) is 17.2 Å². The molecular weight excluding hydrogens is 416 g/mol. The van der Waals surface area contributed by atoms with Crippen molar-refractivity contribution < 1.29 is 4.79 Å². The summed E-state index contributed by atoms with van der Waals surface area (Å²) in [6.45, 7) is 3.92. The second-order valence-electron chi connectivity index (χ2n) is 7.08. The lowest BCUT2D eigenvalue weighted by Gasteiger charge is -2.18. The number of rotatable bonds is 4. The molecule has 1 N–H and O–H groups in total. The summed E-state index contributed by atoms with van der Waals surface area (Å²) in [5.41, 5.74) is 2.61. The molecule has 4 rings (SSSR count). The van der Waals surface area contributed by atoms with Crippen LogP contribution >= 0.6 is 24.0 Å². The van der Waals surface area contributed by atoms with Crippen LogP contribution in [0.5, 0.6) is 0 Å². The topological polar surface area (TPSA) is 66.7 Å². The van der Waals surface area contributed by atoms with Crippen molar-refractivity contribution in [2.75, 3.05) is 12.4 Å². The van der Waals surface area contributed by atoms with E-state index >= 15 is 0 Å². The number of carbonyl (C=O) groups excluding carboxylic acids is 1. The smallest absolute Gasteiger partial charge is 0.267 e. The molecule has 2 aromatic heterocycles. The third kappa shape index (κ3) is 3.64. The number of aromatic nitrogens is 2. The van der Waals surface area contributed by atoms with Gasteiger partial charge in [-0.2, -0.15) is 0 Å². The molecule has 152 valence electrons. The molecule has 0 spiro atoms. The van der Waals surface area contributed by atoms with Gasteiger partial charge in [0.05, 0.1) is 10.5 Å². The highest BCUT2D eigenvalue weighted by Gasteiger charge is 2.29. The van der Waals surface area contributed by atoms with Gasteiger partial charge < -0.3 is 5.32 Å². The molecular formula is C22H20N4O2S2. The fourth-order valence-electron chi connectivity index (χ4n) is 3.26. The fourth-order valence-corrected chi connectivity index (χ4v) is 4.42. The van der Waals surface area contributed by atoms with Crippen molar-refractivity contribution in [2.45, 2.75) is 19.9 Å².